The Hall–Kier alpha value is -3.36. The van der Waals surface area contributed by atoms with Crippen LogP contribution in [0.25, 0.3) is 0 Å². The van der Waals surface area contributed by atoms with Gasteiger partial charge < -0.3 is 39.4 Å². The van der Waals surface area contributed by atoms with E-state index in [2.05, 4.69) is 5.32 Å². The molecule has 1 saturated carbocycles. The van der Waals surface area contributed by atoms with Crippen LogP contribution in [0.5, 0.6) is 23.0 Å². The maximum atomic E-state index is 14.0. The van der Waals surface area contributed by atoms with Crippen LogP contribution in [0.1, 0.15) is 60.9 Å². The molecule has 11 nitrogen and oxygen atoms in total. The molecule has 3 atom stereocenters. The van der Waals surface area contributed by atoms with Crippen molar-refractivity contribution in [1.82, 2.24) is 10.2 Å². The number of hydrogen-bond acceptors (Lipinski definition) is 9. The fourth-order valence-electron chi connectivity index (χ4n) is 6.23. The molecule has 5 rings (SSSR count). The highest BCUT2D eigenvalue weighted by Gasteiger charge is 2.41. The summed E-state index contributed by atoms with van der Waals surface area (Å²) in [7, 11) is 1.45. The summed E-state index contributed by atoms with van der Waals surface area (Å²) in [4.78, 5) is 40.4. The minimum absolute atomic E-state index is 0.0506. The first-order valence-corrected chi connectivity index (χ1v) is 16.3. The molecule has 12 heteroatoms. The van der Waals surface area contributed by atoms with Crippen LogP contribution in [0.3, 0.4) is 0 Å². The Morgan fingerprint density at radius 3 is 2.67 bits per heavy atom. The first-order valence-electron chi connectivity index (χ1n) is 15.3. The minimum Gasteiger partial charge on any atom is -0.493 e. The smallest absolute Gasteiger partial charge is 0.247 e. The van der Waals surface area contributed by atoms with Gasteiger partial charge in [-0.2, -0.15) is 0 Å². The average molecular weight is 735 g/mol. The number of aliphatic hydroxyl groups excluding tert-OH is 2. The number of carbonyl (C=O) groups is 3. The molecule has 2 aromatic carbocycles. The van der Waals surface area contributed by atoms with Crippen molar-refractivity contribution in [3.63, 3.8) is 0 Å². The number of nitrogens with zero attached hydrogens (tertiary/aromatic N) is 1. The van der Waals surface area contributed by atoms with Crippen LogP contribution in [0.4, 0.5) is 0 Å². The predicted molar refractivity (Wildman–Crippen MR) is 172 cm³/mol. The van der Waals surface area contributed by atoms with E-state index in [0.717, 1.165) is 24.8 Å². The van der Waals surface area contributed by atoms with Crippen LogP contribution in [-0.2, 0) is 16.1 Å². The van der Waals surface area contributed by atoms with Crippen molar-refractivity contribution in [3.8, 4) is 23.0 Å². The summed E-state index contributed by atoms with van der Waals surface area (Å²) >= 11 is 2.03. The largest absolute Gasteiger partial charge is 0.493 e. The zero-order valence-corrected chi connectivity index (χ0v) is 27.4. The summed E-state index contributed by atoms with van der Waals surface area (Å²) in [5.74, 6) is 1.75. The molecule has 0 bridgehead atoms. The molecule has 0 radical (unpaired) electrons. The zero-order valence-electron chi connectivity index (χ0n) is 25.2. The quantitative estimate of drug-likeness (QED) is 0.207. The summed E-state index contributed by atoms with van der Waals surface area (Å²) in [5, 5.41) is 23.9. The molecule has 2 aliphatic carbocycles. The fraction of sp³-hybridized carbons (Fsp3) is 0.485. The van der Waals surface area contributed by atoms with Gasteiger partial charge in [-0.3, -0.25) is 14.4 Å². The number of methoxy groups -OCH3 is 1. The lowest BCUT2D eigenvalue weighted by Crippen LogP contribution is -2.54. The van der Waals surface area contributed by atoms with Gasteiger partial charge in [-0.05, 0) is 70.8 Å². The van der Waals surface area contributed by atoms with Gasteiger partial charge in [0.05, 0.1) is 23.3 Å². The molecule has 45 heavy (non-hydrogen) atoms. The van der Waals surface area contributed by atoms with E-state index in [0.29, 0.717) is 56.3 Å². The zero-order chi connectivity index (χ0) is 31.9. The van der Waals surface area contributed by atoms with Gasteiger partial charge in [-0.1, -0.05) is 31.7 Å². The molecule has 1 aliphatic heterocycles. The summed E-state index contributed by atoms with van der Waals surface area (Å²) in [6, 6.07) is 7.85. The highest BCUT2D eigenvalue weighted by atomic mass is 127. The summed E-state index contributed by atoms with van der Waals surface area (Å²) in [5.41, 5.74) is 1.51. The van der Waals surface area contributed by atoms with E-state index in [1.807, 2.05) is 34.7 Å². The highest BCUT2D eigenvalue weighted by Crippen LogP contribution is 2.38. The first kappa shape index (κ1) is 33.0. The molecule has 1 heterocycles. The number of benzene rings is 2. The summed E-state index contributed by atoms with van der Waals surface area (Å²) in [6.07, 6.45) is 5.73. The Bertz CT molecular complexity index is 1430. The maximum absolute atomic E-state index is 14.0. The average Bonchev–Trinajstić information content (AvgIpc) is 3.75. The van der Waals surface area contributed by atoms with Crippen molar-refractivity contribution in [2.24, 2.45) is 5.92 Å². The topological polar surface area (TPSA) is 144 Å². The number of hydrogen-bond donors (Lipinski definition) is 3. The third-order valence-electron chi connectivity index (χ3n) is 8.61. The van der Waals surface area contributed by atoms with Crippen LogP contribution in [-0.4, -0.2) is 78.5 Å². The lowest BCUT2D eigenvalue weighted by Gasteiger charge is -2.41. The summed E-state index contributed by atoms with van der Waals surface area (Å²) < 4.78 is 23.4. The molecule has 242 valence electrons. The van der Waals surface area contributed by atoms with E-state index in [4.69, 9.17) is 18.9 Å². The number of aldehydes is 1. The molecule has 3 N–H and O–H groups in total. The van der Waals surface area contributed by atoms with Gasteiger partial charge in [0.1, 0.15) is 18.5 Å². The third kappa shape index (κ3) is 7.90. The van der Waals surface area contributed by atoms with E-state index < -0.39 is 24.2 Å². The number of rotatable bonds is 13. The Balaban J connectivity index is 1.48. The van der Waals surface area contributed by atoms with E-state index in [9.17, 15) is 24.6 Å². The van der Waals surface area contributed by atoms with Crippen LogP contribution in [0.2, 0.25) is 0 Å². The second-order valence-electron chi connectivity index (χ2n) is 11.6. The lowest BCUT2D eigenvalue weighted by atomic mass is 9.87. The standard InChI is InChI=1S/C33H39IN2O9/c1-42-29-14-22(18-38)12-24(34)32(29)45-28-16-23(33(41)35-10-11-37)15-25(31(28)40)36(30(39)9-7-20-4-2-3-5-20)17-21-6-8-26-27(13-21)44-19-43-26/h6,8,12-14,16,18,20,25,28,31,37,40H,2-5,7,9-11,15,17,19H2,1H3,(H,35,41). The Kier molecular flexibility index (Phi) is 11.2. The molecule has 0 spiro atoms. The molecule has 2 amide bonds. The maximum Gasteiger partial charge on any atom is 0.247 e. The second-order valence-corrected chi connectivity index (χ2v) is 12.7. The van der Waals surface area contributed by atoms with Crippen LogP contribution < -0.4 is 24.3 Å². The van der Waals surface area contributed by atoms with Crippen LogP contribution in [0.15, 0.2) is 42.0 Å². The molecule has 0 aromatic heterocycles. The molecular weight excluding hydrogens is 695 g/mol. The van der Waals surface area contributed by atoms with Gasteiger partial charge in [-0.25, -0.2) is 0 Å². The SMILES string of the molecule is COc1cc(C=O)cc(I)c1OC1C=C(C(=O)NCCO)CC(N(Cc2ccc3c(c2)OCO3)C(=O)CCC2CCCC2)C1O. The van der Waals surface area contributed by atoms with E-state index in [1.54, 1.807) is 23.1 Å². The molecule has 2 aromatic rings. The minimum atomic E-state index is -1.21. The first-order chi connectivity index (χ1) is 21.8. The number of ether oxygens (including phenoxy) is 4. The Morgan fingerprint density at radius 1 is 1.16 bits per heavy atom. The third-order valence-corrected chi connectivity index (χ3v) is 9.41. The van der Waals surface area contributed by atoms with Gasteiger partial charge in [0.2, 0.25) is 18.6 Å². The van der Waals surface area contributed by atoms with Crippen LogP contribution >= 0.6 is 22.6 Å². The normalized spacial score (nSPS) is 20.8. The van der Waals surface area contributed by atoms with Crippen molar-refractivity contribution >= 4 is 40.7 Å². The summed E-state index contributed by atoms with van der Waals surface area (Å²) in [6.45, 7) is 0.111. The van der Waals surface area contributed by atoms with Crippen molar-refractivity contribution < 1.29 is 43.5 Å². The van der Waals surface area contributed by atoms with E-state index in [-0.39, 0.29) is 38.8 Å². The van der Waals surface area contributed by atoms with Crippen molar-refractivity contribution in [2.45, 2.75) is 69.7 Å². The van der Waals surface area contributed by atoms with Crippen molar-refractivity contribution in [2.75, 3.05) is 27.1 Å². The monoisotopic (exact) mass is 734 g/mol. The predicted octanol–water partition coefficient (Wildman–Crippen LogP) is 3.76. The van der Waals surface area contributed by atoms with E-state index >= 15 is 0 Å². The van der Waals surface area contributed by atoms with Crippen LogP contribution in [0, 0.1) is 9.49 Å². The van der Waals surface area contributed by atoms with Gasteiger partial charge in [0.25, 0.3) is 0 Å². The Morgan fingerprint density at radius 2 is 1.93 bits per heavy atom. The van der Waals surface area contributed by atoms with Gasteiger partial charge in [-0.15, -0.1) is 0 Å². The number of aliphatic hydroxyl groups is 2. The second kappa shape index (κ2) is 15.3. The van der Waals surface area contributed by atoms with E-state index in [1.165, 1.54) is 26.0 Å². The highest BCUT2D eigenvalue weighted by molar-refractivity contribution is 14.1. The number of fused-ring (bicyclic) bond motifs is 1. The van der Waals surface area contributed by atoms with Crippen molar-refractivity contribution in [1.29, 1.82) is 0 Å². The lowest BCUT2D eigenvalue weighted by molar-refractivity contribution is -0.139. The van der Waals surface area contributed by atoms with Crippen molar-refractivity contribution in [3.05, 3.63) is 56.7 Å². The number of amides is 2. The molecular formula is C33H39IN2O9. The number of nitrogens with one attached hydrogen (secondary N) is 1. The molecule has 1 fully saturated rings. The fourth-order valence-corrected chi connectivity index (χ4v) is 6.99. The molecule has 3 unspecified atom stereocenters. The Labute approximate surface area is 276 Å². The molecule has 3 aliphatic rings. The van der Waals surface area contributed by atoms with Gasteiger partial charge in [0.15, 0.2) is 23.0 Å². The van der Waals surface area contributed by atoms with Gasteiger partial charge >= 0.3 is 0 Å². The number of halogens is 1. The van der Waals surface area contributed by atoms with Gasteiger partial charge in [0, 0.05) is 37.1 Å². The number of carbonyl (C=O) groups excluding carboxylic acids is 3. The molecule has 0 saturated heterocycles.